The second-order valence-corrected chi connectivity index (χ2v) is 5.27. The fraction of sp³-hybridized carbons (Fsp3) is 0.667. The maximum absolute atomic E-state index is 11.4. The van der Waals surface area contributed by atoms with E-state index in [1.165, 1.54) is 18.4 Å². The largest absolute Gasteiger partial charge is 0.464 e. The van der Waals surface area contributed by atoms with Crippen molar-refractivity contribution in [2.24, 2.45) is 0 Å². The van der Waals surface area contributed by atoms with Gasteiger partial charge in [0.1, 0.15) is 0 Å². The lowest BCUT2D eigenvalue weighted by molar-refractivity contribution is 0.0595. The Morgan fingerprint density at radius 2 is 2.39 bits per heavy atom. The fourth-order valence-corrected chi connectivity index (χ4v) is 3.08. The van der Waals surface area contributed by atoms with Gasteiger partial charge in [-0.15, -0.1) is 11.3 Å². The molecule has 1 atom stereocenters. The van der Waals surface area contributed by atoms with Crippen LogP contribution < -0.4 is 4.90 Å². The van der Waals surface area contributed by atoms with Crippen molar-refractivity contribution in [2.75, 3.05) is 38.2 Å². The van der Waals surface area contributed by atoms with E-state index in [0.29, 0.717) is 11.7 Å². The van der Waals surface area contributed by atoms with Gasteiger partial charge in [0.2, 0.25) is 0 Å². The lowest BCUT2D eigenvalue weighted by atomic mass is 10.2. The predicted octanol–water partition coefficient (Wildman–Crippen LogP) is 1.46. The van der Waals surface area contributed by atoms with Gasteiger partial charge in [-0.25, -0.2) is 9.78 Å². The predicted molar refractivity (Wildman–Crippen MR) is 72.4 cm³/mol. The topological polar surface area (TPSA) is 45.7 Å². The number of ether oxygens (including phenoxy) is 1. The number of piperazine rings is 1. The van der Waals surface area contributed by atoms with E-state index in [0.717, 1.165) is 31.3 Å². The Morgan fingerprint density at radius 1 is 1.61 bits per heavy atom. The van der Waals surface area contributed by atoms with Gasteiger partial charge in [0.25, 0.3) is 0 Å². The lowest BCUT2D eigenvalue weighted by Crippen LogP contribution is -2.51. The number of carbonyl (C=O) groups excluding carboxylic acids is 1. The molecule has 2 rings (SSSR count). The fourth-order valence-electron chi connectivity index (χ4n) is 2.25. The van der Waals surface area contributed by atoms with Gasteiger partial charge >= 0.3 is 5.97 Å². The van der Waals surface area contributed by atoms with Crippen molar-refractivity contribution in [2.45, 2.75) is 19.9 Å². The van der Waals surface area contributed by atoms with Crippen LogP contribution >= 0.6 is 11.3 Å². The Hall–Kier alpha value is -1.14. The molecule has 0 spiro atoms. The van der Waals surface area contributed by atoms with Crippen molar-refractivity contribution in [1.29, 1.82) is 0 Å². The number of aromatic nitrogens is 1. The Balaban J connectivity index is 2.04. The molecular weight excluding hydrogens is 250 g/mol. The van der Waals surface area contributed by atoms with Crippen LogP contribution in [0.25, 0.3) is 0 Å². The van der Waals surface area contributed by atoms with Crippen molar-refractivity contribution in [3.05, 3.63) is 11.1 Å². The molecule has 1 aliphatic heterocycles. The smallest absolute Gasteiger partial charge is 0.357 e. The van der Waals surface area contributed by atoms with Crippen LogP contribution in [0.15, 0.2) is 5.38 Å². The lowest BCUT2D eigenvalue weighted by Gasteiger charge is -2.39. The van der Waals surface area contributed by atoms with Gasteiger partial charge in [-0.05, 0) is 13.5 Å². The number of methoxy groups -OCH3 is 1. The van der Waals surface area contributed by atoms with E-state index in [1.807, 2.05) is 0 Å². The van der Waals surface area contributed by atoms with Crippen LogP contribution in [-0.2, 0) is 4.74 Å². The Morgan fingerprint density at radius 3 is 3.00 bits per heavy atom. The zero-order chi connectivity index (χ0) is 13.1. The average Bonchev–Trinajstić information content (AvgIpc) is 2.87. The number of thiazole rings is 1. The SMILES string of the molecule is CCN1CCN(c2nc(C(=O)OC)cs2)CC1C. The van der Waals surface area contributed by atoms with Gasteiger partial charge in [0, 0.05) is 31.1 Å². The summed E-state index contributed by atoms with van der Waals surface area (Å²) in [4.78, 5) is 20.4. The summed E-state index contributed by atoms with van der Waals surface area (Å²) < 4.78 is 4.67. The minimum Gasteiger partial charge on any atom is -0.464 e. The number of rotatable bonds is 3. The van der Waals surface area contributed by atoms with Crippen LogP contribution in [0.4, 0.5) is 5.13 Å². The van der Waals surface area contributed by atoms with Crippen molar-refractivity contribution >= 4 is 22.4 Å². The molecule has 5 nitrogen and oxygen atoms in total. The highest BCUT2D eigenvalue weighted by Crippen LogP contribution is 2.23. The monoisotopic (exact) mass is 269 g/mol. The summed E-state index contributed by atoms with van der Waals surface area (Å²) >= 11 is 1.51. The number of hydrogen-bond acceptors (Lipinski definition) is 6. The van der Waals surface area contributed by atoms with Crippen molar-refractivity contribution < 1.29 is 9.53 Å². The summed E-state index contributed by atoms with van der Waals surface area (Å²) in [6.45, 7) is 8.47. The molecule has 18 heavy (non-hydrogen) atoms. The minimum atomic E-state index is -0.363. The zero-order valence-corrected chi connectivity index (χ0v) is 11.9. The van der Waals surface area contributed by atoms with E-state index in [1.54, 1.807) is 5.38 Å². The van der Waals surface area contributed by atoms with Crippen LogP contribution in [0.1, 0.15) is 24.3 Å². The van der Waals surface area contributed by atoms with Gasteiger partial charge in [-0.1, -0.05) is 6.92 Å². The maximum Gasteiger partial charge on any atom is 0.357 e. The molecule has 0 aliphatic carbocycles. The summed E-state index contributed by atoms with van der Waals surface area (Å²) in [6.07, 6.45) is 0. The minimum absolute atomic E-state index is 0.363. The highest BCUT2D eigenvalue weighted by atomic mass is 32.1. The van der Waals surface area contributed by atoms with Crippen LogP contribution in [0, 0.1) is 0 Å². The normalized spacial score (nSPS) is 21.1. The molecule has 0 amide bonds. The number of hydrogen-bond donors (Lipinski definition) is 0. The molecule has 100 valence electrons. The molecule has 2 heterocycles. The third-order valence-corrected chi connectivity index (χ3v) is 4.23. The second-order valence-electron chi connectivity index (χ2n) is 4.43. The molecular formula is C12H19N3O2S. The molecule has 1 aliphatic rings. The van der Waals surface area contributed by atoms with Crippen molar-refractivity contribution in [1.82, 2.24) is 9.88 Å². The maximum atomic E-state index is 11.4. The molecule has 1 saturated heterocycles. The highest BCUT2D eigenvalue weighted by Gasteiger charge is 2.24. The first-order valence-electron chi connectivity index (χ1n) is 6.18. The summed E-state index contributed by atoms with van der Waals surface area (Å²) in [5, 5.41) is 2.68. The average molecular weight is 269 g/mol. The van der Waals surface area contributed by atoms with Crippen molar-refractivity contribution in [3.63, 3.8) is 0 Å². The Bertz CT molecular complexity index is 421. The van der Waals surface area contributed by atoms with E-state index in [4.69, 9.17) is 0 Å². The van der Waals surface area contributed by atoms with Crippen molar-refractivity contribution in [3.8, 4) is 0 Å². The molecule has 6 heteroatoms. The molecule has 1 fully saturated rings. The van der Waals surface area contributed by atoms with Crippen LogP contribution in [0.3, 0.4) is 0 Å². The Labute approximate surface area is 111 Å². The zero-order valence-electron chi connectivity index (χ0n) is 11.0. The van der Waals surface area contributed by atoms with E-state index in [9.17, 15) is 4.79 Å². The molecule has 0 aromatic carbocycles. The van der Waals surface area contributed by atoms with Crippen LogP contribution in [-0.4, -0.2) is 55.2 Å². The van der Waals surface area contributed by atoms with Gasteiger partial charge in [-0.3, -0.25) is 4.90 Å². The second kappa shape index (κ2) is 5.67. The number of carbonyl (C=O) groups is 1. The number of nitrogens with zero attached hydrogens (tertiary/aromatic N) is 3. The molecule has 0 radical (unpaired) electrons. The molecule has 0 bridgehead atoms. The summed E-state index contributed by atoms with van der Waals surface area (Å²) in [7, 11) is 1.38. The van der Waals surface area contributed by atoms with Gasteiger partial charge in [0.05, 0.1) is 7.11 Å². The first kappa shape index (κ1) is 13.3. The quantitative estimate of drug-likeness (QED) is 0.777. The van der Waals surface area contributed by atoms with E-state index >= 15 is 0 Å². The van der Waals surface area contributed by atoms with Crippen LogP contribution in [0.2, 0.25) is 0 Å². The summed E-state index contributed by atoms with van der Waals surface area (Å²) in [5.74, 6) is -0.363. The molecule has 1 aromatic heterocycles. The summed E-state index contributed by atoms with van der Waals surface area (Å²) in [6, 6.07) is 0.522. The first-order valence-corrected chi connectivity index (χ1v) is 7.06. The van der Waals surface area contributed by atoms with Gasteiger partial charge < -0.3 is 9.64 Å². The number of esters is 1. The van der Waals surface area contributed by atoms with Gasteiger partial charge in [-0.2, -0.15) is 0 Å². The van der Waals surface area contributed by atoms with E-state index in [-0.39, 0.29) is 5.97 Å². The molecule has 1 aromatic rings. The highest BCUT2D eigenvalue weighted by molar-refractivity contribution is 7.13. The number of anilines is 1. The molecule has 0 N–H and O–H groups in total. The van der Waals surface area contributed by atoms with E-state index in [2.05, 4.69) is 33.4 Å². The third kappa shape index (κ3) is 2.64. The summed E-state index contributed by atoms with van der Waals surface area (Å²) in [5.41, 5.74) is 0.406. The molecule has 1 unspecified atom stereocenters. The van der Waals surface area contributed by atoms with E-state index < -0.39 is 0 Å². The standard InChI is InChI=1S/C12H19N3O2S/c1-4-14-5-6-15(7-9(14)2)12-13-10(8-18-12)11(16)17-3/h8-9H,4-7H2,1-3H3. The Kier molecular flexibility index (Phi) is 4.19. The first-order chi connectivity index (χ1) is 8.65. The third-order valence-electron chi connectivity index (χ3n) is 3.33. The van der Waals surface area contributed by atoms with Crippen LogP contribution in [0.5, 0.6) is 0 Å². The molecule has 0 saturated carbocycles. The van der Waals surface area contributed by atoms with Gasteiger partial charge in [0.15, 0.2) is 10.8 Å². The number of likely N-dealkylation sites (N-methyl/N-ethyl adjacent to an activating group) is 1.